The molecule has 0 aliphatic rings. The molecule has 0 atom stereocenters. The molecule has 0 nitrogen and oxygen atoms in total. The summed E-state index contributed by atoms with van der Waals surface area (Å²) in [4.78, 5) is 1.19. The van der Waals surface area contributed by atoms with Crippen molar-refractivity contribution in [2.45, 2.75) is 32.4 Å². The fourth-order valence-electron chi connectivity index (χ4n) is 1.45. The average Bonchev–Trinajstić information content (AvgIpc) is 2.16. The first-order valence-electron chi connectivity index (χ1n) is 5.09. The summed E-state index contributed by atoms with van der Waals surface area (Å²) in [6, 6.07) is 8.52. The van der Waals surface area contributed by atoms with Gasteiger partial charge in [0.2, 0.25) is 0 Å². The Morgan fingerprint density at radius 3 is 2.57 bits per heavy atom. The summed E-state index contributed by atoms with van der Waals surface area (Å²) >= 11 is 1.84. The van der Waals surface area contributed by atoms with E-state index in [0.717, 1.165) is 6.42 Å². The highest BCUT2D eigenvalue weighted by atomic mass is 32.2. The summed E-state index contributed by atoms with van der Waals surface area (Å²) in [5, 5.41) is 0.604. The van der Waals surface area contributed by atoms with Gasteiger partial charge >= 0.3 is 0 Å². The van der Waals surface area contributed by atoms with Crippen LogP contribution >= 0.6 is 11.8 Å². The van der Waals surface area contributed by atoms with Crippen molar-refractivity contribution in [3.8, 4) is 0 Å². The molecule has 0 saturated heterocycles. The van der Waals surface area contributed by atoms with Crippen LogP contribution in [0.25, 0.3) is 4.91 Å². The van der Waals surface area contributed by atoms with Crippen molar-refractivity contribution in [3.63, 3.8) is 0 Å². The van der Waals surface area contributed by atoms with E-state index >= 15 is 0 Å². The molecule has 0 spiro atoms. The summed E-state index contributed by atoms with van der Waals surface area (Å²) in [6.07, 6.45) is 1.08. The van der Waals surface area contributed by atoms with E-state index in [1.54, 1.807) is 0 Å². The van der Waals surface area contributed by atoms with E-state index in [1.165, 1.54) is 16.0 Å². The van der Waals surface area contributed by atoms with Crippen molar-refractivity contribution in [3.05, 3.63) is 42.0 Å². The van der Waals surface area contributed by atoms with Crippen LogP contribution in [0.3, 0.4) is 0 Å². The Morgan fingerprint density at radius 1 is 1.36 bits per heavy atom. The Hall–Kier alpha value is -0.690. The topological polar surface area (TPSA) is 0 Å². The number of hydrogen-bond acceptors (Lipinski definition) is 1. The SMILES string of the molecule is C=C(SC(C)C)c1ccccc1CC. The second kappa shape index (κ2) is 5.26. The predicted molar refractivity (Wildman–Crippen MR) is 67.6 cm³/mol. The van der Waals surface area contributed by atoms with Gasteiger partial charge in [-0.1, -0.05) is 51.6 Å². The molecule has 0 aliphatic carbocycles. The molecule has 0 aromatic heterocycles. The van der Waals surface area contributed by atoms with Crippen molar-refractivity contribution < 1.29 is 0 Å². The van der Waals surface area contributed by atoms with Crippen molar-refractivity contribution >= 4 is 16.7 Å². The number of thioether (sulfide) groups is 1. The van der Waals surface area contributed by atoms with Crippen LogP contribution in [0.5, 0.6) is 0 Å². The van der Waals surface area contributed by atoms with E-state index < -0.39 is 0 Å². The normalized spacial score (nSPS) is 10.6. The second-order valence-corrected chi connectivity index (χ2v) is 5.27. The van der Waals surface area contributed by atoms with Crippen molar-refractivity contribution in [2.24, 2.45) is 0 Å². The Balaban J connectivity index is 2.88. The zero-order valence-corrected chi connectivity index (χ0v) is 10.0. The van der Waals surface area contributed by atoms with Crippen molar-refractivity contribution in [2.75, 3.05) is 0 Å². The first kappa shape index (κ1) is 11.4. The Kier molecular flexibility index (Phi) is 4.27. The summed E-state index contributed by atoms with van der Waals surface area (Å²) in [5.41, 5.74) is 2.71. The lowest BCUT2D eigenvalue weighted by molar-refractivity contribution is 1.12. The minimum Gasteiger partial charge on any atom is -0.123 e. The quantitative estimate of drug-likeness (QED) is 0.705. The van der Waals surface area contributed by atoms with Gasteiger partial charge in [-0.15, -0.1) is 11.8 Å². The molecule has 0 unspecified atom stereocenters. The minimum atomic E-state index is 0.604. The summed E-state index contributed by atoms with van der Waals surface area (Å²) in [5.74, 6) is 0. The van der Waals surface area contributed by atoms with Crippen LogP contribution in [0.15, 0.2) is 30.8 Å². The largest absolute Gasteiger partial charge is 0.123 e. The van der Waals surface area contributed by atoms with Crippen LogP contribution in [-0.4, -0.2) is 5.25 Å². The van der Waals surface area contributed by atoms with Crippen LogP contribution in [-0.2, 0) is 6.42 Å². The van der Waals surface area contributed by atoms with Gasteiger partial charge in [-0.25, -0.2) is 0 Å². The molecule has 0 N–H and O–H groups in total. The molecule has 1 rings (SSSR count). The maximum absolute atomic E-state index is 4.14. The highest BCUT2D eigenvalue weighted by Gasteiger charge is 2.05. The van der Waals surface area contributed by atoms with Gasteiger partial charge in [0.1, 0.15) is 0 Å². The monoisotopic (exact) mass is 206 g/mol. The van der Waals surface area contributed by atoms with Gasteiger partial charge < -0.3 is 0 Å². The lowest BCUT2D eigenvalue weighted by Crippen LogP contribution is -1.92. The fraction of sp³-hybridized carbons (Fsp3) is 0.385. The van der Waals surface area contributed by atoms with Crippen LogP contribution in [0, 0.1) is 0 Å². The maximum Gasteiger partial charge on any atom is 0.00779 e. The second-order valence-electron chi connectivity index (χ2n) is 3.60. The van der Waals surface area contributed by atoms with Crippen LogP contribution in [0.1, 0.15) is 31.9 Å². The molecule has 0 saturated carbocycles. The van der Waals surface area contributed by atoms with E-state index in [9.17, 15) is 0 Å². The molecule has 1 heteroatoms. The minimum absolute atomic E-state index is 0.604. The van der Waals surface area contributed by atoms with Gasteiger partial charge in [0, 0.05) is 10.2 Å². The summed E-state index contributed by atoms with van der Waals surface area (Å²) in [6.45, 7) is 10.7. The molecular weight excluding hydrogens is 188 g/mol. The van der Waals surface area contributed by atoms with Crippen molar-refractivity contribution in [1.29, 1.82) is 0 Å². The molecule has 76 valence electrons. The van der Waals surface area contributed by atoms with E-state index in [4.69, 9.17) is 0 Å². The fourth-order valence-corrected chi connectivity index (χ4v) is 2.34. The standard InChI is InChI=1S/C13H18S/c1-5-12-8-6-7-9-13(12)11(4)14-10(2)3/h6-10H,4-5H2,1-3H3. The zero-order chi connectivity index (χ0) is 10.6. The predicted octanol–water partition coefficient (Wildman–Crippen LogP) is 4.36. The molecule has 14 heavy (non-hydrogen) atoms. The van der Waals surface area contributed by atoms with Gasteiger partial charge in [-0.3, -0.25) is 0 Å². The van der Waals surface area contributed by atoms with Gasteiger partial charge in [-0.05, 0) is 17.5 Å². The molecule has 0 fully saturated rings. The molecule has 1 aromatic carbocycles. The Labute approximate surface area is 91.4 Å². The van der Waals surface area contributed by atoms with E-state index in [0.29, 0.717) is 5.25 Å². The van der Waals surface area contributed by atoms with E-state index in [2.05, 4.69) is 51.6 Å². The maximum atomic E-state index is 4.14. The molecular formula is C13H18S. The van der Waals surface area contributed by atoms with Gasteiger partial charge in [0.25, 0.3) is 0 Å². The third-order valence-electron chi connectivity index (χ3n) is 2.08. The highest BCUT2D eigenvalue weighted by Crippen LogP contribution is 2.31. The molecule has 1 aromatic rings. The van der Waals surface area contributed by atoms with Crippen LogP contribution in [0.4, 0.5) is 0 Å². The molecule has 0 amide bonds. The number of benzene rings is 1. The highest BCUT2D eigenvalue weighted by molar-refractivity contribution is 8.08. The molecule has 0 radical (unpaired) electrons. The van der Waals surface area contributed by atoms with Gasteiger partial charge in [0.15, 0.2) is 0 Å². The first-order chi connectivity index (χ1) is 6.65. The van der Waals surface area contributed by atoms with Gasteiger partial charge in [0.05, 0.1) is 0 Å². The first-order valence-corrected chi connectivity index (χ1v) is 5.97. The summed E-state index contributed by atoms with van der Waals surface area (Å²) in [7, 11) is 0. The third-order valence-corrected chi connectivity index (χ3v) is 3.05. The third kappa shape index (κ3) is 2.91. The zero-order valence-electron chi connectivity index (χ0n) is 9.21. The van der Waals surface area contributed by atoms with Crippen LogP contribution < -0.4 is 0 Å². The molecule has 0 heterocycles. The number of rotatable bonds is 4. The Bertz CT molecular complexity index is 313. The summed E-state index contributed by atoms with van der Waals surface area (Å²) < 4.78 is 0. The van der Waals surface area contributed by atoms with Crippen LogP contribution in [0.2, 0.25) is 0 Å². The van der Waals surface area contributed by atoms with Gasteiger partial charge in [-0.2, -0.15) is 0 Å². The van der Waals surface area contributed by atoms with E-state index in [-0.39, 0.29) is 0 Å². The number of hydrogen-bond donors (Lipinski definition) is 0. The molecule has 0 bridgehead atoms. The lowest BCUT2D eigenvalue weighted by atomic mass is 10.1. The lowest BCUT2D eigenvalue weighted by Gasteiger charge is -2.11. The smallest absolute Gasteiger partial charge is 0.00779 e. The average molecular weight is 206 g/mol. The van der Waals surface area contributed by atoms with Crippen molar-refractivity contribution in [1.82, 2.24) is 0 Å². The van der Waals surface area contributed by atoms with E-state index in [1.807, 2.05) is 11.8 Å². The Morgan fingerprint density at radius 2 is 2.00 bits per heavy atom. The molecule has 0 aliphatic heterocycles. The number of aryl methyl sites for hydroxylation is 1.